The van der Waals surface area contributed by atoms with Gasteiger partial charge in [-0.15, -0.1) is 0 Å². The molecule has 0 spiro atoms. The first kappa shape index (κ1) is 12.0. The van der Waals surface area contributed by atoms with Crippen molar-refractivity contribution in [2.45, 2.75) is 6.54 Å². The summed E-state index contributed by atoms with van der Waals surface area (Å²) in [4.78, 5) is 16.3. The molecule has 100 valence electrons. The molecule has 0 unspecified atom stereocenters. The van der Waals surface area contributed by atoms with Crippen molar-refractivity contribution >= 4 is 11.9 Å². The van der Waals surface area contributed by atoms with Crippen molar-refractivity contribution in [2.75, 3.05) is 11.1 Å². The van der Waals surface area contributed by atoms with Crippen molar-refractivity contribution in [3.05, 3.63) is 48.5 Å². The normalized spacial score (nSPS) is 10.4. The number of aromatic nitrogens is 6. The lowest BCUT2D eigenvalue weighted by Gasteiger charge is -2.07. The number of pyridine rings is 1. The highest BCUT2D eigenvalue weighted by atomic mass is 15.4. The molecule has 0 fully saturated rings. The summed E-state index contributed by atoms with van der Waals surface area (Å²) < 4.78 is 1.52. The van der Waals surface area contributed by atoms with Crippen molar-refractivity contribution in [3.63, 3.8) is 0 Å². The van der Waals surface area contributed by atoms with E-state index in [1.54, 1.807) is 30.9 Å². The van der Waals surface area contributed by atoms with Crippen LogP contribution in [-0.4, -0.2) is 29.7 Å². The maximum Gasteiger partial charge on any atom is 0.257 e. The number of anilines is 2. The van der Waals surface area contributed by atoms with E-state index >= 15 is 0 Å². The summed E-state index contributed by atoms with van der Waals surface area (Å²) in [7, 11) is 0. The Hall–Kier alpha value is -3.03. The smallest absolute Gasteiger partial charge is 0.257 e. The molecule has 3 aromatic heterocycles. The van der Waals surface area contributed by atoms with Gasteiger partial charge in [0.25, 0.3) is 5.95 Å². The molecule has 20 heavy (non-hydrogen) atoms. The van der Waals surface area contributed by atoms with Gasteiger partial charge in [-0.05, 0) is 23.8 Å². The predicted octanol–water partition coefficient (Wildman–Crippen LogP) is 0.647. The number of nitrogens with one attached hydrogen (secondary N) is 1. The average molecular weight is 268 g/mol. The highest BCUT2D eigenvalue weighted by Gasteiger charge is 2.06. The second-order valence-electron chi connectivity index (χ2n) is 3.98. The topological polar surface area (TPSA) is 107 Å². The van der Waals surface area contributed by atoms with Crippen LogP contribution in [0.15, 0.2) is 43.0 Å². The van der Waals surface area contributed by atoms with E-state index in [0.29, 0.717) is 18.4 Å². The van der Waals surface area contributed by atoms with Crippen molar-refractivity contribution in [3.8, 4) is 5.95 Å². The Balaban J connectivity index is 1.80. The van der Waals surface area contributed by atoms with Crippen molar-refractivity contribution < 1.29 is 0 Å². The van der Waals surface area contributed by atoms with Crippen LogP contribution in [0.4, 0.5) is 11.9 Å². The van der Waals surface area contributed by atoms with Crippen LogP contribution >= 0.6 is 0 Å². The third-order valence-electron chi connectivity index (χ3n) is 2.55. The molecule has 0 aliphatic carbocycles. The number of nitrogen functional groups attached to an aromatic ring is 1. The number of nitrogens with two attached hydrogens (primary N) is 1. The monoisotopic (exact) mass is 268 g/mol. The fourth-order valence-corrected chi connectivity index (χ4v) is 1.63. The molecule has 3 aromatic rings. The van der Waals surface area contributed by atoms with Crippen LogP contribution in [0.25, 0.3) is 5.95 Å². The van der Waals surface area contributed by atoms with E-state index in [1.807, 2.05) is 12.1 Å². The van der Waals surface area contributed by atoms with Gasteiger partial charge in [-0.2, -0.15) is 20.1 Å². The maximum atomic E-state index is 5.68. The Bertz CT molecular complexity index is 680. The van der Waals surface area contributed by atoms with E-state index in [-0.39, 0.29) is 5.95 Å². The van der Waals surface area contributed by atoms with Gasteiger partial charge in [0.1, 0.15) is 0 Å². The zero-order valence-corrected chi connectivity index (χ0v) is 10.5. The summed E-state index contributed by atoms with van der Waals surface area (Å²) >= 11 is 0. The highest BCUT2D eigenvalue weighted by molar-refractivity contribution is 5.35. The number of hydrogen-bond donors (Lipinski definition) is 2. The van der Waals surface area contributed by atoms with Crippen LogP contribution in [0.1, 0.15) is 5.56 Å². The molecule has 0 saturated carbocycles. The first-order chi connectivity index (χ1) is 9.81. The van der Waals surface area contributed by atoms with E-state index in [4.69, 9.17) is 5.73 Å². The van der Waals surface area contributed by atoms with Gasteiger partial charge in [-0.25, -0.2) is 4.68 Å². The van der Waals surface area contributed by atoms with E-state index in [1.165, 1.54) is 4.68 Å². The van der Waals surface area contributed by atoms with Crippen LogP contribution < -0.4 is 11.1 Å². The van der Waals surface area contributed by atoms with Crippen LogP contribution in [-0.2, 0) is 6.54 Å². The fourth-order valence-electron chi connectivity index (χ4n) is 1.63. The van der Waals surface area contributed by atoms with Gasteiger partial charge in [0.05, 0.1) is 0 Å². The summed E-state index contributed by atoms with van der Waals surface area (Å²) in [6, 6.07) is 5.60. The second-order valence-corrected chi connectivity index (χ2v) is 3.98. The average Bonchev–Trinajstić information content (AvgIpc) is 3.00. The van der Waals surface area contributed by atoms with Gasteiger partial charge >= 0.3 is 0 Å². The Morgan fingerprint density at radius 1 is 1.10 bits per heavy atom. The van der Waals surface area contributed by atoms with Crippen molar-refractivity contribution in [1.29, 1.82) is 0 Å². The number of hydrogen-bond acceptors (Lipinski definition) is 7. The van der Waals surface area contributed by atoms with Gasteiger partial charge in [0, 0.05) is 31.3 Å². The molecule has 0 amide bonds. The van der Waals surface area contributed by atoms with Gasteiger partial charge in [-0.3, -0.25) is 4.98 Å². The number of rotatable bonds is 4. The van der Waals surface area contributed by atoms with E-state index in [9.17, 15) is 0 Å². The molecule has 0 radical (unpaired) electrons. The van der Waals surface area contributed by atoms with Crippen molar-refractivity contribution in [1.82, 2.24) is 29.7 Å². The van der Waals surface area contributed by atoms with Gasteiger partial charge in [-0.1, -0.05) is 0 Å². The third-order valence-corrected chi connectivity index (χ3v) is 2.55. The molecule has 0 aliphatic rings. The maximum absolute atomic E-state index is 5.68. The predicted molar refractivity (Wildman–Crippen MR) is 72.9 cm³/mol. The van der Waals surface area contributed by atoms with Gasteiger partial charge in [0.15, 0.2) is 0 Å². The third kappa shape index (κ3) is 2.69. The standard InChI is InChI=1S/C12H12N8/c13-10-17-11(15-8-9-2-5-14-6-3-9)19-12(18-10)20-7-1-4-16-20/h1-7H,8H2,(H3,13,15,17,18,19). The number of nitrogens with zero attached hydrogens (tertiary/aromatic N) is 6. The largest absolute Gasteiger partial charge is 0.368 e. The van der Waals surface area contributed by atoms with Gasteiger partial charge in [0.2, 0.25) is 11.9 Å². The van der Waals surface area contributed by atoms with Crippen LogP contribution in [0.2, 0.25) is 0 Å². The van der Waals surface area contributed by atoms with Crippen LogP contribution in [0.5, 0.6) is 0 Å². The summed E-state index contributed by atoms with van der Waals surface area (Å²) in [5, 5.41) is 7.15. The molecule has 0 atom stereocenters. The first-order valence-electron chi connectivity index (χ1n) is 5.95. The zero-order valence-electron chi connectivity index (χ0n) is 10.5. The SMILES string of the molecule is Nc1nc(NCc2ccncc2)nc(-n2cccn2)n1. The highest BCUT2D eigenvalue weighted by Crippen LogP contribution is 2.07. The van der Waals surface area contributed by atoms with Crippen molar-refractivity contribution in [2.24, 2.45) is 0 Å². The molecular weight excluding hydrogens is 256 g/mol. The quantitative estimate of drug-likeness (QED) is 0.715. The molecule has 0 aromatic carbocycles. The van der Waals surface area contributed by atoms with Gasteiger partial charge < -0.3 is 11.1 Å². The summed E-state index contributed by atoms with van der Waals surface area (Å²) in [6.45, 7) is 0.574. The zero-order chi connectivity index (χ0) is 13.8. The van der Waals surface area contributed by atoms with Crippen LogP contribution in [0, 0.1) is 0 Å². The Morgan fingerprint density at radius 3 is 2.70 bits per heavy atom. The lowest BCUT2D eigenvalue weighted by molar-refractivity contribution is 0.798. The molecule has 0 aliphatic heterocycles. The summed E-state index contributed by atoms with van der Waals surface area (Å²) in [5.41, 5.74) is 6.75. The minimum atomic E-state index is 0.141. The molecule has 0 bridgehead atoms. The van der Waals surface area contributed by atoms with E-state index in [0.717, 1.165) is 5.56 Å². The Labute approximate surface area is 114 Å². The van der Waals surface area contributed by atoms with E-state index in [2.05, 4.69) is 30.4 Å². The molecule has 8 heteroatoms. The minimum Gasteiger partial charge on any atom is -0.368 e. The molecular formula is C12H12N8. The Kier molecular flexibility index (Phi) is 3.19. The minimum absolute atomic E-state index is 0.141. The first-order valence-corrected chi connectivity index (χ1v) is 5.95. The molecule has 3 rings (SSSR count). The lowest BCUT2D eigenvalue weighted by Crippen LogP contribution is -2.11. The fraction of sp³-hybridized carbons (Fsp3) is 0.0833. The molecule has 8 nitrogen and oxygen atoms in total. The summed E-state index contributed by atoms with van der Waals surface area (Å²) in [6.07, 6.45) is 6.84. The molecule has 0 saturated heterocycles. The second kappa shape index (κ2) is 5.31. The Morgan fingerprint density at radius 2 is 1.95 bits per heavy atom. The van der Waals surface area contributed by atoms with Crippen LogP contribution in [0.3, 0.4) is 0 Å². The summed E-state index contributed by atoms with van der Waals surface area (Å²) in [5.74, 6) is 0.919. The molecule has 3 heterocycles. The van der Waals surface area contributed by atoms with E-state index < -0.39 is 0 Å². The lowest BCUT2D eigenvalue weighted by atomic mass is 10.3. The molecule has 3 N–H and O–H groups in total.